The predicted molar refractivity (Wildman–Crippen MR) is 106 cm³/mol. The smallest absolute Gasteiger partial charge is 0.318 e. The summed E-state index contributed by atoms with van der Waals surface area (Å²) in [4.78, 5) is 17.0. The zero-order chi connectivity index (χ0) is 18.1. The van der Waals surface area contributed by atoms with Crippen LogP contribution in [0.15, 0.2) is 48.5 Å². The Kier molecular flexibility index (Phi) is 4.53. The van der Waals surface area contributed by atoms with E-state index < -0.39 is 0 Å². The highest BCUT2D eigenvalue weighted by Gasteiger charge is 2.46. The maximum absolute atomic E-state index is 12.8. The zero-order valence-electron chi connectivity index (χ0n) is 15.0. The second kappa shape index (κ2) is 6.84. The van der Waals surface area contributed by atoms with Crippen LogP contribution in [0.25, 0.3) is 0 Å². The molecule has 2 fully saturated rings. The van der Waals surface area contributed by atoms with E-state index in [0.717, 1.165) is 49.6 Å². The number of hydrogen-bond acceptors (Lipinski definition) is 2. The number of halogens is 1. The summed E-state index contributed by atoms with van der Waals surface area (Å²) in [5.74, 6) is 0. The van der Waals surface area contributed by atoms with Crippen LogP contribution in [-0.4, -0.2) is 37.1 Å². The number of hydrogen-bond donors (Lipinski definition) is 1. The van der Waals surface area contributed by atoms with Gasteiger partial charge in [0.2, 0.25) is 0 Å². The summed E-state index contributed by atoms with van der Waals surface area (Å²) in [6, 6.07) is 16.4. The van der Waals surface area contributed by atoms with Crippen molar-refractivity contribution in [2.75, 3.05) is 31.1 Å². The molecule has 136 valence electrons. The first-order valence-corrected chi connectivity index (χ1v) is 9.58. The fourth-order valence-electron chi connectivity index (χ4n) is 3.66. The molecule has 26 heavy (non-hydrogen) atoms. The average molecular weight is 370 g/mol. The van der Waals surface area contributed by atoms with Gasteiger partial charge in [0.1, 0.15) is 0 Å². The molecule has 0 bridgehead atoms. The van der Waals surface area contributed by atoms with E-state index in [1.807, 2.05) is 29.2 Å². The molecule has 2 amide bonds. The number of aryl methyl sites for hydroxylation is 1. The number of anilines is 1. The lowest BCUT2D eigenvalue weighted by atomic mass is 10.1. The monoisotopic (exact) mass is 369 g/mol. The van der Waals surface area contributed by atoms with Crippen molar-refractivity contribution in [3.63, 3.8) is 0 Å². The van der Waals surface area contributed by atoms with Gasteiger partial charge in [-0.25, -0.2) is 4.79 Å². The largest absolute Gasteiger partial charge is 0.368 e. The molecule has 1 heterocycles. The molecule has 0 atom stereocenters. The van der Waals surface area contributed by atoms with Crippen LogP contribution in [0, 0.1) is 6.92 Å². The lowest BCUT2D eigenvalue weighted by Gasteiger charge is -2.37. The Labute approximate surface area is 159 Å². The molecule has 1 aliphatic carbocycles. The molecule has 1 saturated carbocycles. The van der Waals surface area contributed by atoms with E-state index in [1.54, 1.807) is 0 Å². The Bertz CT molecular complexity index is 793. The standard InChI is InChI=1S/C21H24ClN3O/c1-16-3-2-4-19(15-16)24-11-13-25(14-12-24)20(26)23-21(9-10-21)17-5-7-18(22)8-6-17/h2-8,15H,9-14H2,1H3,(H,23,26). The molecule has 1 aliphatic heterocycles. The van der Waals surface area contributed by atoms with Crippen LogP contribution < -0.4 is 10.2 Å². The van der Waals surface area contributed by atoms with Crippen molar-refractivity contribution < 1.29 is 4.79 Å². The Morgan fingerprint density at radius 1 is 1.04 bits per heavy atom. The molecule has 0 unspecified atom stereocenters. The fraction of sp³-hybridized carbons (Fsp3) is 0.381. The molecule has 0 spiro atoms. The Balaban J connectivity index is 1.36. The van der Waals surface area contributed by atoms with Crippen LogP contribution in [0.2, 0.25) is 5.02 Å². The van der Waals surface area contributed by atoms with Gasteiger partial charge in [-0.1, -0.05) is 35.9 Å². The number of amides is 2. The molecule has 0 radical (unpaired) electrons. The molecular weight excluding hydrogens is 346 g/mol. The van der Waals surface area contributed by atoms with Crippen molar-refractivity contribution in [3.05, 3.63) is 64.7 Å². The number of nitrogens with one attached hydrogen (secondary N) is 1. The topological polar surface area (TPSA) is 35.6 Å². The van der Waals surface area contributed by atoms with Crippen molar-refractivity contribution >= 4 is 23.3 Å². The van der Waals surface area contributed by atoms with Gasteiger partial charge in [0.15, 0.2) is 0 Å². The van der Waals surface area contributed by atoms with Gasteiger partial charge in [-0.3, -0.25) is 0 Å². The van der Waals surface area contributed by atoms with E-state index in [2.05, 4.69) is 41.4 Å². The Morgan fingerprint density at radius 3 is 2.35 bits per heavy atom. The third-order valence-corrected chi connectivity index (χ3v) is 5.68. The molecule has 1 saturated heterocycles. The molecular formula is C21H24ClN3O. The van der Waals surface area contributed by atoms with Crippen molar-refractivity contribution in [1.82, 2.24) is 10.2 Å². The van der Waals surface area contributed by atoms with E-state index in [4.69, 9.17) is 11.6 Å². The fourth-order valence-corrected chi connectivity index (χ4v) is 3.78. The quantitative estimate of drug-likeness (QED) is 0.881. The molecule has 1 N–H and O–H groups in total. The minimum atomic E-state index is -0.199. The van der Waals surface area contributed by atoms with Gasteiger partial charge in [-0.05, 0) is 55.2 Å². The summed E-state index contributed by atoms with van der Waals surface area (Å²) in [5.41, 5.74) is 3.45. The van der Waals surface area contributed by atoms with E-state index >= 15 is 0 Å². The zero-order valence-corrected chi connectivity index (χ0v) is 15.8. The average Bonchev–Trinajstić information content (AvgIpc) is 3.43. The van der Waals surface area contributed by atoms with Crippen molar-refractivity contribution in [2.24, 2.45) is 0 Å². The van der Waals surface area contributed by atoms with Gasteiger partial charge in [0, 0.05) is 36.9 Å². The summed E-state index contributed by atoms with van der Waals surface area (Å²) >= 11 is 5.98. The molecule has 2 aliphatic rings. The van der Waals surface area contributed by atoms with E-state index in [9.17, 15) is 4.79 Å². The first-order chi connectivity index (χ1) is 12.6. The SMILES string of the molecule is Cc1cccc(N2CCN(C(=O)NC3(c4ccc(Cl)cc4)CC3)CC2)c1. The molecule has 4 rings (SSSR count). The van der Waals surface area contributed by atoms with Crippen LogP contribution in [0.1, 0.15) is 24.0 Å². The van der Waals surface area contributed by atoms with Crippen LogP contribution in [-0.2, 0) is 5.54 Å². The first kappa shape index (κ1) is 17.2. The highest BCUT2D eigenvalue weighted by molar-refractivity contribution is 6.30. The summed E-state index contributed by atoms with van der Waals surface area (Å²) in [6.45, 7) is 5.33. The van der Waals surface area contributed by atoms with Gasteiger partial charge in [-0.2, -0.15) is 0 Å². The van der Waals surface area contributed by atoms with E-state index in [1.165, 1.54) is 11.3 Å². The second-order valence-corrected chi connectivity index (χ2v) is 7.77. The number of piperazine rings is 1. The summed E-state index contributed by atoms with van der Waals surface area (Å²) in [5, 5.41) is 3.99. The van der Waals surface area contributed by atoms with Crippen LogP contribution >= 0.6 is 11.6 Å². The van der Waals surface area contributed by atoms with Gasteiger partial charge >= 0.3 is 6.03 Å². The summed E-state index contributed by atoms with van der Waals surface area (Å²) < 4.78 is 0. The van der Waals surface area contributed by atoms with Crippen LogP contribution in [0.5, 0.6) is 0 Å². The highest BCUT2D eigenvalue weighted by Crippen LogP contribution is 2.45. The van der Waals surface area contributed by atoms with E-state index in [-0.39, 0.29) is 11.6 Å². The molecule has 5 heteroatoms. The molecule has 2 aromatic carbocycles. The third-order valence-electron chi connectivity index (χ3n) is 5.43. The number of nitrogens with zero attached hydrogens (tertiary/aromatic N) is 2. The van der Waals surface area contributed by atoms with Gasteiger partial charge in [0.25, 0.3) is 0 Å². The lowest BCUT2D eigenvalue weighted by Crippen LogP contribution is -2.53. The van der Waals surface area contributed by atoms with Crippen molar-refractivity contribution in [2.45, 2.75) is 25.3 Å². The van der Waals surface area contributed by atoms with E-state index in [0.29, 0.717) is 0 Å². The summed E-state index contributed by atoms with van der Waals surface area (Å²) in [7, 11) is 0. The second-order valence-electron chi connectivity index (χ2n) is 7.33. The Morgan fingerprint density at radius 2 is 1.73 bits per heavy atom. The van der Waals surface area contributed by atoms with Crippen LogP contribution in [0.3, 0.4) is 0 Å². The third kappa shape index (κ3) is 3.51. The molecule has 0 aromatic heterocycles. The Hall–Kier alpha value is -2.20. The van der Waals surface area contributed by atoms with Gasteiger partial charge < -0.3 is 15.1 Å². The predicted octanol–water partition coefficient (Wildman–Crippen LogP) is 4.17. The van der Waals surface area contributed by atoms with Gasteiger partial charge in [-0.15, -0.1) is 0 Å². The maximum Gasteiger partial charge on any atom is 0.318 e. The summed E-state index contributed by atoms with van der Waals surface area (Å²) in [6.07, 6.45) is 1.98. The molecule has 4 nitrogen and oxygen atoms in total. The highest BCUT2D eigenvalue weighted by atomic mass is 35.5. The van der Waals surface area contributed by atoms with Crippen LogP contribution in [0.4, 0.5) is 10.5 Å². The number of benzene rings is 2. The normalized spacial score (nSPS) is 18.5. The number of urea groups is 1. The number of carbonyl (C=O) groups excluding carboxylic acids is 1. The minimum Gasteiger partial charge on any atom is -0.368 e. The lowest BCUT2D eigenvalue weighted by molar-refractivity contribution is 0.189. The minimum absolute atomic E-state index is 0.0429. The molecule has 2 aromatic rings. The first-order valence-electron chi connectivity index (χ1n) is 9.21. The number of rotatable bonds is 3. The maximum atomic E-state index is 12.8. The number of carbonyl (C=O) groups is 1. The van der Waals surface area contributed by atoms with Gasteiger partial charge in [0.05, 0.1) is 5.54 Å². The van der Waals surface area contributed by atoms with Crippen molar-refractivity contribution in [1.29, 1.82) is 0 Å². The van der Waals surface area contributed by atoms with Crippen molar-refractivity contribution in [3.8, 4) is 0 Å².